The lowest BCUT2D eigenvalue weighted by molar-refractivity contribution is 0.117. The summed E-state index contributed by atoms with van der Waals surface area (Å²) in [5, 5.41) is 0. The van der Waals surface area contributed by atoms with Crippen LogP contribution >= 0.6 is 0 Å². The fraction of sp³-hybridized carbons (Fsp3) is 0.571. The Kier molecular flexibility index (Phi) is 5.01. The third-order valence-electron chi connectivity index (χ3n) is 3.47. The number of hydrogen-bond donors (Lipinski definition) is 1. The van der Waals surface area contributed by atoms with Crippen LogP contribution in [-0.4, -0.2) is 39.5 Å². The SMILES string of the molecule is CN(CCOCC1CC1)S(=O)(=O)Cc1ccccc1N. The van der Waals surface area contributed by atoms with Crippen LogP contribution in [0.1, 0.15) is 18.4 Å². The number of rotatable bonds is 8. The number of sulfonamides is 1. The molecular weight excluding hydrogens is 276 g/mol. The van der Waals surface area contributed by atoms with E-state index in [-0.39, 0.29) is 5.75 Å². The van der Waals surface area contributed by atoms with Gasteiger partial charge in [-0.2, -0.15) is 0 Å². The van der Waals surface area contributed by atoms with Crippen LogP contribution in [0, 0.1) is 5.92 Å². The molecule has 1 fully saturated rings. The molecule has 0 aromatic heterocycles. The molecule has 5 nitrogen and oxygen atoms in total. The molecule has 0 saturated heterocycles. The molecule has 0 unspecified atom stereocenters. The third-order valence-corrected chi connectivity index (χ3v) is 5.28. The van der Waals surface area contributed by atoms with E-state index in [9.17, 15) is 8.42 Å². The van der Waals surface area contributed by atoms with E-state index in [4.69, 9.17) is 10.5 Å². The summed E-state index contributed by atoms with van der Waals surface area (Å²) in [5.41, 5.74) is 6.93. The number of likely N-dealkylation sites (N-methyl/N-ethyl adjacent to an activating group) is 1. The highest BCUT2D eigenvalue weighted by molar-refractivity contribution is 7.88. The molecular formula is C14H22N2O3S. The maximum atomic E-state index is 12.2. The fourth-order valence-electron chi connectivity index (χ4n) is 1.84. The summed E-state index contributed by atoms with van der Waals surface area (Å²) >= 11 is 0. The minimum Gasteiger partial charge on any atom is -0.398 e. The van der Waals surface area contributed by atoms with Crippen molar-refractivity contribution in [3.8, 4) is 0 Å². The molecule has 0 bridgehead atoms. The largest absolute Gasteiger partial charge is 0.398 e. The Labute approximate surface area is 120 Å². The number of benzene rings is 1. The summed E-state index contributed by atoms with van der Waals surface area (Å²) in [6.45, 7) is 1.57. The van der Waals surface area contributed by atoms with Gasteiger partial charge in [0.05, 0.1) is 12.4 Å². The quantitative estimate of drug-likeness (QED) is 0.582. The van der Waals surface area contributed by atoms with Gasteiger partial charge in [-0.3, -0.25) is 0 Å². The van der Waals surface area contributed by atoms with Gasteiger partial charge in [-0.1, -0.05) is 18.2 Å². The van der Waals surface area contributed by atoms with Gasteiger partial charge in [-0.25, -0.2) is 12.7 Å². The van der Waals surface area contributed by atoms with Crippen molar-refractivity contribution in [3.05, 3.63) is 29.8 Å². The second kappa shape index (κ2) is 6.56. The first-order valence-electron chi connectivity index (χ1n) is 6.84. The highest BCUT2D eigenvalue weighted by Gasteiger charge is 2.22. The summed E-state index contributed by atoms with van der Waals surface area (Å²) in [6.07, 6.45) is 2.48. The average Bonchev–Trinajstić information content (AvgIpc) is 3.21. The third kappa shape index (κ3) is 4.47. The molecule has 1 aromatic carbocycles. The molecule has 2 N–H and O–H groups in total. The minimum absolute atomic E-state index is 0.0706. The Balaban J connectivity index is 1.83. The van der Waals surface area contributed by atoms with Crippen LogP contribution in [0.5, 0.6) is 0 Å². The van der Waals surface area contributed by atoms with E-state index >= 15 is 0 Å². The van der Waals surface area contributed by atoms with Crippen LogP contribution in [0.4, 0.5) is 5.69 Å². The van der Waals surface area contributed by atoms with Crippen LogP contribution < -0.4 is 5.73 Å². The second-order valence-electron chi connectivity index (χ2n) is 5.29. The van der Waals surface area contributed by atoms with Gasteiger partial charge in [0.15, 0.2) is 0 Å². The summed E-state index contributed by atoms with van der Waals surface area (Å²) in [7, 11) is -1.77. The second-order valence-corrected chi connectivity index (χ2v) is 7.37. The summed E-state index contributed by atoms with van der Waals surface area (Å²) in [5.74, 6) is 0.625. The number of nitrogen functional groups attached to an aromatic ring is 1. The Bertz CT molecular complexity index is 541. The number of para-hydroxylation sites is 1. The molecule has 0 heterocycles. The van der Waals surface area contributed by atoms with E-state index < -0.39 is 10.0 Å². The van der Waals surface area contributed by atoms with Gasteiger partial charge < -0.3 is 10.5 Å². The highest BCUT2D eigenvalue weighted by atomic mass is 32.2. The van der Waals surface area contributed by atoms with Gasteiger partial charge in [0.2, 0.25) is 10.0 Å². The van der Waals surface area contributed by atoms with Gasteiger partial charge in [-0.15, -0.1) is 0 Å². The molecule has 0 amide bonds. The zero-order valence-corrected chi connectivity index (χ0v) is 12.6. The van der Waals surface area contributed by atoms with Crippen molar-refractivity contribution in [1.29, 1.82) is 0 Å². The Morgan fingerprint density at radius 2 is 2.05 bits per heavy atom. The van der Waals surface area contributed by atoms with Gasteiger partial charge in [0.1, 0.15) is 0 Å². The molecule has 112 valence electrons. The van der Waals surface area contributed by atoms with E-state index in [1.807, 2.05) is 0 Å². The molecule has 1 aromatic rings. The molecule has 0 radical (unpaired) electrons. The molecule has 2 rings (SSSR count). The van der Waals surface area contributed by atoms with E-state index in [1.54, 1.807) is 31.3 Å². The van der Waals surface area contributed by atoms with Crippen molar-refractivity contribution in [2.45, 2.75) is 18.6 Å². The Morgan fingerprint density at radius 3 is 2.70 bits per heavy atom. The zero-order valence-electron chi connectivity index (χ0n) is 11.8. The van der Waals surface area contributed by atoms with Crippen molar-refractivity contribution >= 4 is 15.7 Å². The highest BCUT2D eigenvalue weighted by Crippen LogP contribution is 2.28. The molecule has 1 saturated carbocycles. The standard InChI is InChI=1S/C14H22N2O3S/c1-16(8-9-19-10-12-6-7-12)20(17,18)11-13-4-2-3-5-14(13)15/h2-5,12H,6-11,15H2,1H3. The predicted octanol–water partition coefficient (Wildman–Crippen LogP) is 1.46. The van der Waals surface area contributed by atoms with Crippen molar-refractivity contribution in [2.75, 3.05) is 32.5 Å². The monoisotopic (exact) mass is 298 g/mol. The van der Waals surface area contributed by atoms with E-state index in [2.05, 4.69) is 0 Å². The van der Waals surface area contributed by atoms with E-state index in [1.165, 1.54) is 17.1 Å². The van der Waals surface area contributed by atoms with Crippen LogP contribution in [0.3, 0.4) is 0 Å². The number of nitrogens with zero attached hydrogens (tertiary/aromatic N) is 1. The predicted molar refractivity (Wildman–Crippen MR) is 79.7 cm³/mol. The minimum atomic E-state index is -3.35. The molecule has 0 atom stereocenters. The smallest absolute Gasteiger partial charge is 0.218 e. The average molecular weight is 298 g/mol. The van der Waals surface area contributed by atoms with Crippen LogP contribution in [0.15, 0.2) is 24.3 Å². The van der Waals surface area contributed by atoms with Gasteiger partial charge in [0, 0.05) is 25.9 Å². The molecule has 20 heavy (non-hydrogen) atoms. The van der Waals surface area contributed by atoms with Crippen LogP contribution in [0.25, 0.3) is 0 Å². The number of ether oxygens (including phenoxy) is 1. The maximum absolute atomic E-state index is 12.2. The molecule has 6 heteroatoms. The van der Waals surface area contributed by atoms with E-state index in [0.29, 0.717) is 30.3 Å². The lowest BCUT2D eigenvalue weighted by atomic mass is 10.2. The van der Waals surface area contributed by atoms with Gasteiger partial charge >= 0.3 is 0 Å². The Hall–Kier alpha value is -1.11. The zero-order chi connectivity index (χ0) is 14.6. The molecule has 1 aliphatic rings. The first-order valence-corrected chi connectivity index (χ1v) is 8.45. The van der Waals surface area contributed by atoms with Gasteiger partial charge in [0.25, 0.3) is 0 Å². The summed E-state index contributed by atoms with van der Waals surface area (Å²) in [6, 6.07) is 7.04. The van der Waals surface area contributed by atoms with E-state index in [0.717, 1.165) is 6.61 Å². The van der Waals surface area contributed by atoms with Crippen molar-refractivity contribution < 1.29 is 13.2 Å². The first kappa shape index (κ1) is 15.3. The topological polar surface area (TPSA) is 72.6 Å². The molecule has 1 aliphatic carbocycles. The molecule has 0 spiro atoms. The van der Waals surface area contributed by atoms with Crippen LogP contribution in [-0.2, 0) is 20.5 Å². The molecule has 0 aliphatic heterocycles. The van der Waals surface area contributed by atoms with Crippen molar-refractivity contribution in [3.63, 3.8) is 0 Å². The first-order chi connectivity index (χ1) is 9.49. The van der Waals surface area contributed by atoms with Crippen LogP contribution in [0.2, 0.25) is 0 Å². The lowest BCUT2D eigenvalue weighted by Gasteiger charge is -2.17. The van der Waals surface area contributed by atoms with Crippen molar-refractivity contribution in [2.24, 2.45) is 5.92 Å². The number of anilines is 1. The lowest BCUT2D eigenvalue weighted by Crippen LogP contribution is -2.31. The number of hydrogen-bond acceptors (Lipinski definition) is 4. The summed E-state index contributed by atoms with van der Waals surface area (Å²) in [4.78, 5) is 0. The normalized spacial score (nSPS) is 15.7. The number of nitrogens with two attached hydrogens (primary N) is 1. The maximum Gasteiger partial charge on any atom is 0.218 e. The fourth-order valence-corrected chi connectivity index (χ4v) is 3.07. The Morgan fingerprint density at radius 1 is 1.35 bits per heavy atom. The van der Waals surface area contributed by atoms with Crippen molar-refractivity contribution in [1.82, 2.24) is 4.31 Å². The summed E-state index contributed by atoms with van der Waals surface area (Å²) < 4.78 is 31.2. The van der Waals surface area contributed by atoms with Gasteiger partial charge in [-0.05, 0) is 30.4 Å².